The van der Waals surface area contributed by atoms with E-state index in [4.69, 9.17) is 4.74 Å². The third-order valence-electron chi connectivity index (χ3n) is 4.91. The van der Waals surface area contributed by atoms with E-state index < -0.39 is 0 Å². The first kappa shape index (κ1) is 19.4. The summed E-state index contributed by atoms with van der Waals surface area (Å²) in [5.41, 5.74) is 4.47. The summed E-state index contributed by atoms with van der Waals surface area (Å²) >= 11 is 0. The minimum atomic E-state index is -0.204. The van der Waals surface area contributed by atoms with Crippen LogP contribution in [0, 0.1) is 0 Å². The zero-order valence-corrected chi connectivity index (χ0v) is 16.1. The van der Waals surface area contributed by atoms with Gasteiger partial charge in [-0.1, -0.05) is 18.2 Å². The van der Waals surface area contributed by atoms with Crippen LogP contribution in [0.25, 0.3) is 0 Å². The molecule has 3 rings (SSSR count). The Morgan fingerprint density at radius 3 is 2.46 bits per heavy atom. The van der Waals surface area contributed by atoms with Crippen molar-refractivity contribution in [1.82, 2.24) is 10.3 Å². The van der Waals surface area contributed by atoms with Gasteiger partial charge in [-0.25, -0.2) is 5.01 Å². The van der Waals surface area contributed by atoms with Gasteiger partial charge in [-0.2, -0.15) is 0 Å². The molecule has 1 saturated heterocycles. The van der Waals surface area contributed by atoms with Crippen LogP contribution in [0.5, 0.6) is 5.75 Å². The van der Waals surface area contributed by atoms with Gasteiger partial charge in [0.05, 0.1) is 18.8 Å². The number of amides is 3. The number of benzene rings is 2. The highest BCUT2D eigenvalue weighted by molar-refractivity contribution is 6.01. The predicted octanol–water partition coefficient (Wildman–Crippen LogP) is 2.69. The second kappa shape index (κ2) is 8.12. The fourth-order valence-corrected chi connectivity index (χ4v) is 3.14. The summed E-state index contributed by atoms with van der Waals surface area (Å²) in [5, 5.41) is 1.22. The summed E-state index contributed by atoms with van der Waals surface area (Å²) < 4.78 is 5.39. The van der Waals surface area contributed by atoms with Crippen molar-refractivity contribution in [2.75, 3.05) is 19.2 Å². The summed E-state index contributed by atoms with van der Waals surface area (Å²) in [4.78, 5) is 38.1. The number of rotatable bonds is 5. The Morgan fingerprint density at radius 1 is 1.11 bits per heavy atom. The highest BCUT2D eigenvalue weighted by atomic mass is 16.5. The van der Waals surface area contributed by atoms with Gasteiger partial charge >= 0.3 is 0 Å². The molecule has 0 spiro atoms. The van der Waals surface area contributed by atoms with Crippen LogP contribution in [-0.2, 0) is 9.59 Å². The van der Waals surface area contributed by atoms with Crippen molar-refractivity contribution in [3.8, 4) is 5.75 Å². The Kier molecular flexibility index (Phi) is 5.63. The number of hydrazine groups is 1. The van der Waals surface area contributed by atoms with E-state index in [1.54, 1.807) is 43.3 Å². The summed E-state index contributed by atoms with van der Waals surface area (Å²) in [6, 6.07) is 14.0. The van der Waals surface area contributed by atoms with Crippen molar-refractivity contribution >= 4 is 23.4 Å². The molecule has 7 nitrogen and oxygen atoms in total. The fourth-order valence-electron chi connectivity index (χ4n) is 3.14. The molecule has 3 amide bonds. The van der Waals surface area contributed by atoms with E-state index in [9.17, 15) is 14.4 Å². The highest BCUT2D eigenvalue weighted by Crippen LogP contribution is 2.29. The van der Waals surface area contributed by atoms with E-state index in [2.05, 4.69) is 5.43 Å². The van der Waals surface area contributed by atoms with Gasteiger partial charge in [0.25, 0.3) is 5.91 Å². The molecule has 2 aromatic rings. The molecule has 0 aliphatic carbocycles. The molecule has 1 N–H and O–H groups in total. The largest absolute Gasteiger partial charge is 0.496 e. The van der Waals surface area contributed by atoms with Gasteiger partial charge in [-0.3, -0.25) is 19.8 Å². The summed E-state index contributed by atoms with van der Waals surface area (Å²) in [6.45, 7) is 1.94. The average Bonchev–Trinajstić information content (AvgIpc) is 2.74. The molecule has 1 atom stereocenters. The lowest BCUT2D eigenvalue weighted by Gasteiger charge is -2.28. The van der Waals surface area contributed by atoms with Gasteiger partial charge in [0.1, 0.15) is 5.75 Å². The molecule has 0 radical (unpaired) electrons. The molecule has 1 unspecified atom stereocenters. The fraction of sp³-hybridized carbons (Fsp3) is 0.286. The van der Waals surface area contributed by atoms with Crippen LogP contribution in [0.1, 0.15) is 41.7 Å². The number of nitrogens with one attached hydrogen (secondary N) is 1. The van der Waals surface area contributed by atoms with E-state index in [0.29, 0.717) is 11.3 Å². The van der Waals surface area contributed by atoms with E-state index in [1.807, 2.05) is 31.2 Å². The average molecular weight is 381 g/mol. The third-order valence-corrected chi connectivity index (χ3v) is 4.91. The molecule has 1 aliphatic rings. The van der Waals surface area contributed by atoms with Gasteiger partial charge in [0, 0.05) is 31.0 Å². The molecule has 28 heavy (non-hydrogen) atoms. The van der Waals surface area contributed by atoms with Crippen molar-refractivity contribution in [2.24, 2.45) is 0 Å². The number of hydrogen-bond acceptors (Lipinski definition) is 4. The molecule has 0 saturated carbocycles. The summed E-state index contributed by atoms with van der Waals surface area (Å²) in [5.74, 6) is 0.189. The second-order valence-electron chi connectivity index (χ2n) is 6.64. The van der Waals surface area contributed by atoms with E-state index in [1.165, 1.54) is 5.01 Å². The topological polar surface area (TPSA) is 79.0 Å². The van der Waals surface area contributed by atoms with Crippen LogP contribution >= 0.6 is 0 Å². The first-order valence-electron chi connectivity index (χ1n) is 9.05. The van der Waals surface area contributed by atoms with Crippen LogP contribution in [0.2, 0.25) is 0 Å². The number of nitrogens with zero attached hydrogens (tertiary/aromatic N) is 2. The molecule has 7 heteroatoms. The number of para-hydroxylation sites is 1. The lowest BCUT2D eigenvalue weighted by Crippen LogP contribution is -2.50. The van der Waals surface area contributed by atoms with Gasteiger partial charge in [0.2, 0.25) is 11.8 Å². The summed E-state index contributed by atoms with van der Waals surface area (Å²) in [6.07, 6.45) is 0.364. The van der Waals surface area contributed by atoms with Gasteiger partial charge < -0.3 is 9.64 Å². The first-order valence-corrected chi connectivity index (χ1v) is 9.05. The smallest absolute Gasteiger partial charge is 0.254 e. The lowest BCUT2D eigenvalue weighted by atomic mass is 10.0. The van der Waals surface area contributed by atoms with Gasteiger partial charge in [-0.15, -0.1) is 0 Å². The van der Waals surface area contributed by atoms with Crippen LogP contribution < -0.4 is 15.2 Å². The minimum Gasteiger partial charge on any atom is -0.496 e. The minimum absolute atomic E-state index is 0.154. The molecule has 2 aromatic carbocycles. The molecule has 1 fully saturated rings. The van der Waals surface area contributed by atoms with E-state index in [0.717, 1.165) is 11.3 Å². The normalized spacial score (nSPS) is 15.0. The van der Waals surface area contributed by atoms with Gasteiger partial charge in [-0.05, 0) is 37.3 Å². The monoisotopic (exact) mass is 381 g/mol. The number of ether oxygens (including phenoxy) is 1. The molecule has 0 bridgehead atoms. The number of hydrogen-bond donors (Lipinski definition) is 1. The molecular weight excluding hydrogens is 358 g/mol. The molecule has 0 aromatic heterocycles. The zero-order chi connectivity index (χ0) is 20.3. The van der Waals surface area contributed by atoms with E-state index >= 15 is 0 Å². The van der Waals surface area contributed by atoms with Crippen LogP contribution in [0.4, 0.5) is 5.69 Å². The second-order valence-corrected chi connectivity index (χ2v) is 6.64. The van der Waals surface area contributed by atoms with Crippen LogP contribution in [-0.4, -0.2) is 36.8 Å². The van der Waals surface area contributed by atoms with Crippen molar-refractivity contribution in [2.45, 2.75) is 25.8 Å². The first-order chi connectivity index (χ1) is 13.4. The lowest BCUT2D eigenvalue weighted by molar-refractivity contribution is -0.130. The van der Waals surface area contributed by atoms with Gasteiger partial charge in [0.15, 0.2) is 0 Å². The Hall–Kier alpha value is -3.35. The summed E-state index contributed by atoms with van der Waals surface area (Å²) in [7, 11) is 3.34. The maximum absolute atomic E-state index is 12.9. The molecule has 1 aliphatic heterocycles. The van der Waals surface area contributed by atoms with Crippen molar-refractivity contribution < 1.29 is 19.1 Å². The highest BCUT2D eigenvalue weighted by Gasteiger charge is 2.25. The van der Waals surface area contributed by atoms with Crippen molar-refractivity contribution in [1.29, 1.82) is 0 Å². The zero-order valence-electron chi connectivity index (χ0n) is 16.1. The van der Waals surface area contributed by atoms with Crippen molar-refractivity contribution in [3.05, 3.63) is 59.7 Å². The quantitative estimate of drug-likeness (QED) is 0.864. The van der Waals surface area contributed by atoms with Crippen LogP contribution in [0.3, 0.4) is 0 Å². The Bertz CT molecular complexity index is 895. The third kappa shape index (κ3) is 3.83. The SMILES string of the molecule is COc1ccccc1C(C)N(C)C(=O)c1ccc(N2NC(=O)CCC2=O)cc1. The molecular formula is C21H23N3O4. The maximum atomic E-state index is 12.9. The van der Waals surface area contributed by atoms with Crippen LogP contribution in [0.15, 0.2) is 48.5 Å². The standard InChI is InChI=1S/C21H23N3O4/c1-14(17-6-4-5-7-18(17)28-3)23(2)21(27)15-8-10-16(11-9-15)24-20(26)13-12-19(25)22-24/h4-11,14H,12-13H2,1-3H3,(H,22,25). The molecule has 146 valence electrons. The Balaban J connectivity index is 1.77. The Morgan fingerprint density at radius 2 is 1.79 bits per heavy atom. The molecule has 1 heterocycles. The number of carbonyl (C=O) groups excluding carboxylic acids is 3. The number of carbonyl (C=O) groups is 3. The predicted molar refractivity (Wildman–Crippen MR) is 105 cm³/mol. The number of methoxy groups -OCH3 is 1. The Labute approximate surface area is 163 Å². The van der Waals surface area contributed by atoms with E-state index in [-0.39, 0.29) is 36.6 Å². The maximum Gasteiger partial charge on any atom is 0.254 e. The van der Waals surface area contributed by atoms with Crippen molar-refractivity contribution in [3.63, 3.8) is 0 Å². The number of anilines is 1.